The lowest BCUT2D eigenvalue weighted by atomic mass is 10.1. The van der Waals surface area contributed by atoms with Gasteiger partial charge in [-0.3, -0.25) is 4.72 Å². The summed E-state index contributed by atoms with van der Waals surface area (Å²) in [4.78, 5) is 13.6. The fourth-order valence-corrected chi connectivity index (χ4v) is 3.63. The minimum absolute atomic E-state index is 0.0450. The Morgan fingerprint density at radius 2 is 1.73 bits per heavy atom. The second-order valence-corrected chi connectivity index (χ2v) is 7.17. The van der Waals surface area contributed by atoms with E-state index in [1.165, 1.54) is 25.3 Å². The zero-order valence-electron chi connectivity index (χ0n) is 14.9. The fourth-order valence-electron chi connectivity index (χ4n) is 2.58. The van der Waals surface area contributed by atoms with Gasteiger partial charge in [-0.2, -0.15) is 0 Å². The molecule has 0 saturated carbocycles. The summed E-state index contributed by atoms with van der Waals surface area (Å²) in [6, 6.07) is 10.4. The zero-order chi connectivity index (χ0) is 19.3. The first kappa shape index (κ1) is 19.6. The molecule has 0 aromatic heterocycles. The maximum atomic E-state index is 12.5. The molecule has 2 aromatic rings. The summed E-state index contributed by atoms with van der Waals surface area (Å²) in [5.41, 5.74) is 0.785. The van der Waals surface area contributed by atoms with Gasteiger partial charge in [-0.1, -0.05) is 0 Å². The molecule has 2 rings (SSSR count). The molecule has 0 atom stereocenters. The van der Waals surface area contributed by atoms with Crippen LogP contribution in [0.25, 0.3) is 0 Å². The van der Waals surface area contributed by atoms with Crippen molar-refractivity contribution in [3.63, 3.8) is 0 Å². The summed E-state index contributed by atoms with van der Waals surface area (Å²) in [6.45, 7) is 5.15. The van der Waals surface area contributed by atoms with Crippen molar-refractivity contribution in [1.29, 1.82) is 0 Å². The van der Waals surface area contributed by atoms with E-state index in [1.807, 2.05) is 18.7 Å². The quantitative estimate of drug-likeness (QED) is 0.733. The van der Waals surface area contributed by atoms with Gasteiger partial charge in [0, 0.05) is 18.8 Å². The number of methoxy groups -OCH3 is 1. The molecule has 0 aliphatic rings. The second kappa shape index (κ2) is 8.09. The van der Waals surface area contributed by atoms with Crippen LogP contribution >= 0.6 is 0 Å². The van der Waals surface area contributed by atoms with Crippen molar-refractivity contribution in [2.75, 3.05) is 29.8 Å². The van der Waals surface area contributed by atoms with Crippen LogP contribution in [0.1, 0.15) is 24.2 Å². The van der Waals surface area contributed by atoms with Crippen LogP contribution in [-0.4, -0.2) is 39.7 Å². The molecule has 7 nitrogen and oxygen atoms in total. The molecule has 0 saturated heterocycles. The first-order valence-corrected chi connectivity index (χ1v) is 9.59. The Hall–Kier alpha value is -2.74. The molecule has 0 heterocycles. The molecule has 2 aromatic carbocycles. The first-order valence-electron chi connectivity index (χ1n) is 8.11. The van der Waals surface area contributed by atoms with Crippen molar-refractivity contribution in [2.24, 2.45) is 0 Å². The Kier molecular flexibility index (Phi) is 6.10. The number of anilines is 2. The number of rotatable bonds is 8. The third-order valence-electron chi connectivity index (χ3n) is 3.95. The number of aromatic carboxylic acids is 1. The lowest BCUT2D eigenvalue weighted by Gasteiger charge is -2.23. The normalized spacial score (nSPS) is 11.0. The van der Waals surface area contributed by atoms with Crippen LogP contribution < -0.4 is 14.4 Å². The molecule has 0 unspecified atom stereocenters. The number of hydrogen-bond donors (Lipinski definition) is 2. The third-order valence-corrected chi connectivity index (χ3v) is 5.35. The van der Waals surface area contributed by atoms with Crippen molar-refractivity contribution < 1.29 is 23.1 Å². The third kappa shape index (κ3) is 4.26. The van der Waals surface area contributed by atoms with Gasteiger partial charge in [0.1, 0.15) is 5.75 Å². The van der Waals surface area contributed by atoms with Gasteiger partial charge in [0.25, 0.3) is 10.0 Å². The fraction of sp³-hybridized carbons (Fsp3) is 0.278. The van der Waals surface area contributed by atoms with E-state index in [-0.39, 0.29) is 16.1 Å². The minimum Gasteiger partial charge on any atom is -0.497 e. The van der Waals surface area contributed by atoms with Crippen molar-refractivity contribution in [2.45, 2.75) is 18.7 Å². The van der Waals surface area contributed by atoms with Crippen molar-refractivity contribution in [3.8, 4) is 5.75 Å². The van der Waals surface area contributed by atoms with Gasteiger partial charge in [0.05, 0.1) is 23.3 Å². The lowest BCUT2D eigenvalue weighted by Crippen LogP contribution is -2.24. The Bertz CT molecular complexity index is 875. The lowest BCUT2D eigenvalue weighted by molar-refractivity contribution is 0.0697. The summed E-state index contributed by atoms with van der Waals surface area (Å²) in [5, 5.41) is 9.49. The van der Waals surface area contributed by atoms with Crippen LogP contribution in [0.5, 0.6) is 5.75 Å². The molecular formula is C18H22N2O5S. The SMILES string of the molecule is CCN(CC)c1ccc(NS(=O)(=O)c2ccc(OC)cc2)cc1C(=O)O. The predicted molar refractivity (Wildman–Crippen MR) is 101 cm³/mol. The Morgan fingerprint density at radius 3 is 2.23 bits per heavy atom. The minimum atomic E-state index is -3.84. The van der Waals surface area contributed by atoms with Crippen LogP contribution in [0, 0.1) is 0 Å². The van der Waals surface area contributed by atoms with Gasteiger partial charge in [0.2, 0.25) is 0 Å². The standard InChI is InChI=1S/C18H22N2O5S/c1-4-20(5-2)17-11-6-13(12-16(17)18(21)22)19-26(23,24)15-9-7-14(25-3)8-10-15/h6-12,19H,4-5H2,1-3H3,(H,21,22). The highest BCUT2D eigenvalue weighted by atomic mass is 32.2. The molecule has 140 valence electrons. The molecule has 0 bridgehead atoms. The number of carboxylic acid groups (broad SMARTS) is 1. The number of hydrogen-bond acceptors (Lipinski definition) is 5. The number of benzene rings is 2. The van der Waals surface area contributed by atoms with Crippen LogP contribution in [0.15, 0.2) is 47.4 Å². The average Bonchev–Trinajstić information content (AvgIpc) is 2.63. The van der Waals surface area contributed by atoms with Gasteiger partial charge >= 0.3 is 5.97 Å². The summed E-state index contributed by atoms with van der Waals surface area (Å²) in [6.07, 6.45) is 0. The smallest absolute Gasteiger partial charge is 0.337 e. The number of nitrogens with zero attached hydrogens (tertiary/aromatic N) is 1. The topological polar surface area (TPSA) is 95.9 Å². The summed E-state index contributed by atoms with van der Waals surface area (Å²) >= 11 is 0. The van der Waals surface area contributed by atoms with Gasteiger partial charge < -0.3 is 14.7 Å². The summed E-state index contributed by atoms with van der Waals surface area (Å²) < 4.78 is 32.4. The monoisotopic (exact) mass is 378 g/mol. The first-order chi connectivity index (χ1) is 12.3. The molecule has 26 heavy (non-hydrogen) atoms. The molecule has 0 aliphatic carbocycles. The highest BCUT2D eigenvalue weighted by Crippen LogP contribution is 2.26. The van der Waals surface area contributed by atoms with Gasteiger partial charge in [0.15, 0.2) is 0 Å². The van der Waals surface area contributed by atoms with Crippen LogP contribution in [0.2, 0.25) is 0 Å². The Balaban J connectivity index is 2.36. The average molecular weight is 378 g/mol. The van der Waals surface area contributed by atoms with Crippen molar-refractivity contribution in [3.05, 3.63) is 48.0 Å². The van der Waals surface area contributed by atoms with E-state index in [1.54, 1.807) is 24.3 Å². The molecule has 2 N–H and O–H groups in total. The van der Waals surface area contributed by atoms with E-state index in [0.717, 1.165) is 0 Å². The molecule has 0 radical (unpaired) electrons. The Morgan fingerprint density at radius 1 is 1.12 bits per heavy atom. The highest BCUT2D eigenvalue weighted by Gasteiger charge is 2.18. The van der Waals surface area contributed by atoms with Crippen LogP contribution in [-0.2, 0) is 10.0 Å². The molecule has 0 aliphatic heterocycles. The predicted octanol–water partition coefficient (Wildman–Crippen LogP) is 3.04. The number of carbonyl (C=O) groups is 1. The maximum absolute atomic E-state index is 12.5. The van der Waals surface area contributed by atoms with Crippen LogP contribution in [0.4, 0.5) is 11.4 Å². The number of carboxylic acids is 1. The van der Waals surface area contributed by atoms with E-state index < -0.39 is 16.0 Å². The van der Waals surface area contributed by atoms with E-state index in [0.29, 0.717) is 24.5 Å². The van der Waals surface area contributed by atoms with Crippen molar-refractivity contribution in [1.82, 2.24) is 0 Å². The Labute approximate surface area is 153 Å². The molecule has 0 spiro atoms. The second-order valence-electron chi connectivity index (χ2n) is 5.49. The molecular weight excluding hydrogens is 356 g/mol. The number of sulfonamides is 1. The van der Waals surface area contributed by atoms with Gasteiger partial charge in [-0.15, -0.1) is 0 Å². The number of nitrogens with one attached hydrogen (secondary N) is 1. The van der Waals surface area contributed by atoms with Crippen LogP contribution in [0.3, 0.4) is 0 Å². The summed E-state index contributed by atoms with van der Waals surface area (Å²) in [7, 11) is -2.34. The maximum Gasteiger partial charge on any atom is 0.337 e. The van der Waals surface area contributed by atoms with Crippen molar-refractivity contribution >= 4 is 27.4 Å². The zero-order valence-corrected chi connectivity index (χ0v) is 15.7. The largest absolute Gasteiger partial charge is 0.497 e. The summed E-state index contributed by atoms with van der Waals surface area (Å²) in [5.74, 6) is -0.571. The van der Waals surface area contributed by atoms with E-state index in [9.17, 15) is 18.3 Å². The molecule has 0 fully saturated rings. The van der Waals surface area contributed by atoms with Gasteiger partial charge in [-0.05, 0) is 56.3 Å². The van der Waals surface area contributed by atoms with E-state index in [4.69, 9.17) is 4.74 Å². The van der Waals surface area contributed by atoms with E-state index in [2.05, 4.69) is 4.72 Å². The number of ether oxygens (including phenoxy) is 1. The molecule has 0 amide bonds. The van der Waals surface area contributed by atoms with E-state index >= 15 is 0 Å². The van der Waals surface area contributed by atoms with Gasteiger partial charge in [-0.25, -0.2) is 13.2 Å². The highest BCUT2D eigenvalue weighted by molar-refractivity contribution is 7.92. The molecule has 8 heteroatoms.